The van der Waals surface area contributed by atoms with Crippen LogP contribution in [0.3, 0.4) is 0 Å². The van der Waals surface area contributed by atoms with E-state index in [0.29, 0.717) is 11.6 Å². The number of fused-ring (bicyclic) bond motifs is 2. The molecule has 0 bridgehead atoms. The summed E-state index contributed by atoms with van der Waals surface area (Å²) < 4.78 is 25.4. The van der Waals surface area contributed by atoms with Gasteiger partial charge in [0.1, 0.15) is 19.3 Å². The topological polar surface area (TPSA) is 88.1 Å². The molecule has 1 saturated heterocycles. The molecule has 2 N–H and O–H groups in total. The summed E-state index contributed by atoms with van der Waals surface area (Å²) >= 11 is 6.02. The van der Waals surface area contributed by atoms with Crippen molar-refractivity contribution in [3.8, 4) is 11.5 Å². The lowest BCUT2D eigenvalue weighted by Crippen LogP contribution is -2.52. The number of hydrogen-bond donors (Lipinski definition) is 2. The average Bonchev–Trinajstić information content (AvgIpc) is 2.84. The van der Waals surface area contributed by atoms with Gasteiger partial charge in [0.25, 0.3) is 5.91 Å². The van der Waals surface area contributed by atoms with Gasteiger partial charge in [0.15, 0.2) is 17.3 Å². The summed E-state index contributed by atoms with van der Waals surface area (Å²) in [6.45, 7) is 2.45. The number of likely N-dealkylation sites (tertiary alicyclic amines) is 1. The summed E-state index contributed by atoms with van der Waals surface area (Å²) in [6, 6.07) is 12.0. The molecule has 2 unspecified atom stereocenters. The van der Waals surface area contributed by atoms with Gasteiger partial charge in [-0.1, -0.05) is 29.8 Å². The third-order valence-corrected chi connectivity index (χ3v) is 6.57. The molecule has 1 amide bonds. The van der Waals surface area contributed by atoms with E-state index in [1.165, 1.54) is 12.1 Å². The van der Waals surface area contributed by atoms with Crippen LogP contribution in [0.15, 0.2) is 48.5 Å². The third kappa shape index (κ3) is 4.96. The number of aliphatic hydroxyl groups is 1. The average molecular weight is 499 g/mol. The molecule has 9 heteroatoms. The number of nitrogens with one attached hydrogen (secondary N) is 1. The maximum absolute atomic E-state index is 14.6. The van der Waals surface area contributed by atoms with Crippen molar-refractivity contribution < 1.29 is 28.6 Å². The minimum atomic E-state index is -1.27. The molecule has 2 aliphatic rings. The van der Waals surface area contributed by atoms with E-state index in [1.54, 1.807) is 36.4 Å². The van der Waals surface area contributed by atoms with Crippen molar-refractivity contribution in [2.75, 3.05) is 32.8 Å². The van der Waals surface area contributed by atoms with Crippen molar-refractivity contribution in [1.82, 2.24) is 10.2 Å². The number of ketones is 1. The lowest BCUT2D eigenvalue weighted by Gasteiger charge is -2.36. The minimum absolute atomic E-state index is 0.00305. The molecule has 0 spiro atoms. The van der Waals surface area contributed by atoms with Crippen molar-refractivity contribution in [2.45, 2.75) is 18.6 Å². The van der Waals surface area contributed by atoms with Crippen molar-refractivity contribution >= 4 is 34.1 Å². The van der Waals surface area contributed by atoms with E-state index in [2.05, 4.69) is 5.32 Å². The Morgan fingerprint density at radius 2 is 1.80 bits per heavy atom. The van der Waals surface area contributed by atoms with Crippen LogP contribution in [-0.2, 0) is 4.79 Å². The third-order valence-electron chi connectivity index (χ3n) is 6.33. The number of carbonyl (C=O) groups is 2. The van der Waals surface area contributed by atoms with E-state index < -0.39 is 29.7 Å². The highest BCUT2D eigenvalue weighted by atomic mass is 35.5. The quantitative estimate of drug-likeness (QED) is 0.383. The van der Waals surface area contributed by atoms with E-state index in [9.17, 15) is 19.1 Å². The van der Waals surface area contributed by atoms with Gasteiger partial charge in [-0.05, 0) is 66.2 Å². The van der Waals surface area contributed by atoms with Crippen LogP contribution in [0.1, 0.15) is 28.4 Å². The highest BCUT2D eigenvalue weighted by Gasteiger charge is 2.31. The SMILES string of the molecule is O=C(NC(CN1CCC1)C(O)c1cc(F)c2c(c1)OCCO2)C(=O)c1ccc2cc(Cl)ccc2c1. The standard InChI is InChI=1S/C26H24ClFN2O5/c27-19-5-4-15-10-17(3-2-16(15)11-19)24(32)26(33)29-21(14-30-6-1-7-30)23(31)18-12-20(28)25-22(13-18)34-8-9-35-25/h2-5,10-13,21,23,31H,1,6-9,14H2,(H,29,33). The molecule has 0 aromatic heterocycles. The summed E-state index contributed by atoms with van der Waals surface area (Å²) in [5.41, 5.74) is 0.451. The van der Waals surface area contributed by atoms with Gasteiger partial charge in [-0.15, -0.1) is 0 Å². The van der Waals surface area contributed by atoms with Gasteiger partial charge in [0.05, 0.1) is 6.04 Å². The number of nitrogens with zero attached hydrogens (tertiary/aromatic N) is 1. The summed E-state index contributed by atoms with van der Waals surface area (Å²) in [6.07, 6.45) is -0.258. The maximum atomic E-state index is 14.6. The molecule has 3 aromatic carbocycles. The molecule has 5 rings (SSSR count). The van der Waals surface area contributed by atoms with E-state index in [-0.39, 0.29) is 35.8 Å². The maximum Gasteiger partial charge on any atom is 0.292 e. The fourth-order valence-corrected chi connectivity index (χ4v) is 4.50. The zero-order valence-corrected chi connectivity index (χ0v) is 19.6. The molecule has 3 aromatic rings. The Labute approximate surface area is 206 Å². The summed E-state index contributed by atoms with van der Waals surface area (Å²) in [5.74, 6) is -2.02. The highest BCUT2D eigenvalue weighted by molar-refractivity contribution is 6.43. The number of rotatable bonds is 7. The molecule has 2 atom stereocenters. The number of amides is 1. The van der Waals surface area contributed by atoms with Gasteiger partial charge in [-0.25, -0.2) is 4.39 Å². The van der Waals surface area contributed by atoms with Crippen molar-refractivity contribution in [3.63, 3.8) is 0 Å². The molecule has 182 valence electrons. The molecule has 1 fully saturated rings. The monoisotopic (exact) mass is 498 g/mol. The number of hydrogen-bond acceptors (Lipinski definition) is 6. The molecule has 7 nitrogen and oxygen atoms in total. The number of benzene rings is 3. The van der Waals surface area contributed by atoms with Gasteiger partial charge in [0, 0.05) is 17.1 Å². The van der Waals surface area contributed by atoms with Crippen LogP contribution in [-0.4, -0.2) is 60.6 Å². The summed E-state index contributed by atoms with van der Waals surface area (Å²) in [5, 5.41) is 16.0. The van der Waals surface area contributed by atoms with Crippen molar-refractivity contribution in [3.05, 3.63) is 70.5 Å². The van der Waals surface area contributed by atoms with Gasteiger partial charge < -0.3 is 24.8 Å². The van der Waals surface area contributed by atoms with E-state index >= 15 is 0 Å². The fourth-order valence-electron chi connectivity index (χ4n) is 4.32. The Morgan fingerprint density at radius 3 is 2.57 bits per heavy atom. The van der Waals surface area contributed by atoms with Gasteiger partial charge in [-0.3, -0.25) is 9.59 Å². The predicted molar refractivity (Wildman–Crippen MR) is 129 cm³/mol. The normalized spacial score (nSPS) is 16.9. The van der Waals surface area contributed by atoms with Gasteiger partial charge in [-0.2, -0.15) is 0 Å². The number of carbonyl (C=O) groups excluding carboxylic acids is 2. The Morgan fingerprint density at radius 1 is 1.06 bits per heavy atom. The fraction of sp³-hybridized carbons (Fsp3) is 0.308. The Hall–Kier alpha value is -3.20. The van der Waals surface area contributed by atoms with Gasteiger partial charge in [0.2, 0.25) is 5.78 Å². The number of Topliss-reactive ketones (excluding diaryl/α,β-unsaturated/α-hetero) is 1. The highest BCUT2D eigenvalue weighted by Crippen LogP contribution is 2.36. The summed E-state index contributed by atoms with van der Waals surface area (Å²) in [7, 11) is 0. The van der Waals surface area contributed by atoms with Crippen LogP contribution in [0.2, 0.25) is 5.02 Å². The molecular weight excluding hydrogens is 475 g/mol. The lowest BCUT2D eigenvalue weighted by atomic mass is 9.98. The zero-order chi connectivity index (χ0) is 24.5. The minimum Gasteiger partial charge on any atom is -0.486 e. The zero-order valence-electron chi connectivity index (χ0n) is 18.8. The second kappa shape index (κ2) is 9.81. The molecule has 0 aliphatic carbocycles. The first-order valence-electron chi connectivity index (χ1n) is 11.4. The van der Waals surface area contributed by atoms with Crippen LogP contribution >= 0.6 is 11.6 Å². The Balaban J connectivity index is 1.37. The Bertz CT molecular complexity index is 1300. The number of aliphatic hydroxyl groups excluding tert-OH is 1. The lowest BCUT2D eigenvalue weighted by molar-refractivity contribution is -0.118. The molecule has 35 heavy (non-hydrogen) atoms. The number of halogens is 2. The van der Waals surface area contributed by atoms with Crippen molar-refractivity contribution in [1.29, 1.82) is 0 Å². The van der Waals surface area contributed by atoms with Crippen LogP contribution in [0.5, 0.6) is 11.5 Å². The molecule has 0 radical (unpaired) electrons. The van der Waals surface area contributed by atoms with Crippen molar-refractivity contribution in [2.24, 2.45) is 0 Å². The molecule has 2 aliphatic heterocycles. The first-order chi connectivity index (χ1) is 16.9. The van der Waals surface area contributed by atoms with Crippen LogP contribution in [0.25, 0.3) is 10.8 Å². The summed E-state index contributed by atoms with van der Waals surface area (Å²) in [4.78, 5) is 27.9. The van der Waals surface area contributed by atoms with E-state index in [4.69, 9.17) is 21.1 Å². The number of ether oxygens (including phenoxy) is 2. The van der Waals surface area contributed by atoms with Crippen LogP contribution < -0.4 is 14.8 Å². The first kappa shape index (κ1) is 23.5. The molecular formula is C26H24ClFN2O5. The van der Waals surface area contributed by atoms with E-state index in [0.717, 1.165) is 30.3 Å². The second-order valence-corrected chi connectivity index (χ2v) is 9.18. The van der Waals surface area contributed by atoms with Crippen LogP contribution in [0, 0.1) is 5.82 Å². The van der Waals surface area contributed by atoms with E-state index in [1.807, 2.05) is 4.90 Å². The largest absolute Gasteiger partial charge is 0.486 e. The first-order valence-corrected chi connectivity index (χ1v) is 11.8. The predicted octanol–water partition coefficient (Wildman–Crippen LogP) is 3.51. The smallest absolute Gasteiger partial charge is 0.292 e. The van der Waals surface area contributed by atoms with Crippen LogP contribution in [0.4, 0.5) is 4.39 Å². The van der Waals surface area contributed by atoms with Gasteiger partial charge >= 0.3 is 0 Å². The molecule has 0 saturated carbocycles. The second-order valence-electron chi connectivity index (χ2n) is 8.74. The molecule has 2 heterocycles. The Kier molecular flexibility index (Phi) is 6.60.